The average molecular weight is 243 g/mol. The largest absolute Gasteiger partial charge is 0.496 e. The lowest BCUT2D eigenvalue weighted by Crippen LogP contribution is -1.99. The van der Waals surface area contributed by atoms with Gasteiger partial charge in [-0.2, -0.15) is 0 Å². The monoisotopic (exact) mass is 243 g/mol. The second kappa shape index (κ2) is 5.45. The molecule has 0 heterocycles. The van der Waals surface area contributed by atoms with Crippen LogP contribution in [0.5, 0.6) is 11.5 Å². The first-order valence-electron chi connectivity index (χ1n) is 5.81. The fourth-order valence-corrected chi connectivity index (χ4v) is 1.79. The van der Waals surface area contributed by atoms with E-state index in [1.54, 1.807) is 7.11 Å². The van der Waals surface area contributed by atoms with Crippen LogP contribution in [0.1, 0.15) is 11.1 Å². The Morgan fingerprint density at radius 2 is 1.94 bits per heavy atom. The van der Waals surface area contributed by atoms with Crippen LogP contribution in [0.2, 0.25) is 0 Å². The Morgan fingerprint density at radius 3 is 2.67 bits per heavy atom. The number of anilines is 1. The van der Waals surface area contributed by atoms with E-state index >= 15 is 0 Å². The summed E-state index contributed by atoms with van der Waals surface area (Å²) >= 11 is 0. The third-order valence-electron chi connectivity index (χ3n) is 2.69. The highest BCUT2D eigenvalue weighted by molar-refractivity contribution is 5.44. The molecule has 2 aromatic rings. The summed E-state index contributed by atoms with van der Waals surface area (Å²) in [5, 5.41) is 0. The van der Waals surface area contributed by atoms with Gasteiger partial charge in [0.2, 0.25) is 0 Å². The average Bonchev–Trinajstić information content (AvgIpc) is 2.37. The summed E-state index contributed by atoms with van der Waals surface area (Å²) in [6.45, 7) is 2.51. The molecule has 2 aromatic carbocycles. The predicted octanol–water partition coefficient (Wildman–Crippen LogP) is 3.16. The lowest BCUT2D eigenvalue weighted by molar-refractivity contribution is 0.297. The van der Waals surface area contributed by atoms with Gasteiger partial charge in [0, 0.05) is 17.3 Å². The van der Waals surface area contributed by atoms with Crippen molar-refractivity contribution in [2.24, 2.45) is 0 Å². The molecule has 0 saturated heterocycles. The van der Waals surface area contributed by atoms with Crippen molar-refractivity contribution in [3.8, 4) is 11.5 Å². The number of hydrogen-bond acceptors (Lipinski definition) is 3. The number of nitrogens with two attached hydrogens (primary N) is 1. The number of ether oxygens (including phenoxy) is 2. The van der Waals surface area contributed by atoms with Crippen LogP contribution in [-0.2, 0) is 6.61 Å². The number of methoxy groups -OCH3 is 1. The fraction of sp³-hybridized carbons (Fsp3) is 0.200. The zero-order valence-corrected chi connectivity index (χ0v) is 10.6. The van der Waals surface area contributed by atoms with Gasteiger partial charge < -0.3 is 15.2 Å². The molecule has 18 heavy (non-hydrogen) atoms. The molecule has 0 amide bonds. The number of rotatable bonds is 4. The van der Waals surface area contributed by atoms with Crippen LogP contribution >= 0.6 is 0 Å². The molecule has 2 N–H and O–H groups in total. The van der Waals surface area contributed by atoms with Gasteiger partial charge in [-0.25, -0.2) is 0 Å². The van der Waals surface area contributed by atoms with Crippen LogP contribution in [0, 0.1) is 6.92 Å². The van der Waals surface area contributed by atoms with Gasteiger partial charge in [0.05, 0.1) is 7.11 Å². The topological polar surface area (TPSA) is 44.5 Å². The normalized spacial score (nSPS) is 10.1. The molecule has 0 saturated carbocycles. The smallest absolute Gasteiger partial charge is 0.125 e. The van der Waals surface area contributed by atoms with Gasteiger partial charge in [-0.3, -0.25) is 0 Å². The van der Waals surface area contributed by atoms with Crippen LogP contribution in [0.3, 0.4) is 0 Å². The minimum absolute atomic E-state index is 0.467. The Morgan fingerprint density at radius 1 is 1.11 bits per heavy atom. The van der Waals surface area contributed by atoms with Crippen molar-refractivity contribution < 1.29 is 9.47 Å². The standard InChI is InChI=1S/C15H17NO2/c1-11-6-7-15(17-2)12(8-11)10-18-14-5-3-4-13(16)9-14/h3-9H,10,16H2,1-2H3. The summed E-state index contributed by atoms with van der Waals surface area (Å²) in [6.07, 6.45) is 0. The van der Waals surface area contributed by atoms with E-state index in [1.165, 1.54) is 5.56 Å². The highest BCUT2D eigenvalue weighted by Gasteiger charge is 2.04. The third-order valence-corrected chi connectivity index (χ3v) is 2.69. The molecule has 0 unspecified atom stereocenters. The molecule has 0 spiro atoms. The molecule has 0 aliphatic heterocycles. The minimum Gasteiger partial charge on any atom is -0.496 e. The molecular weight excluding hydrogens is 226 g/mol. The van der Waals surface area contributed by atoms with E-state index in [0.717, 1.165) is 17.1 Å². The van der Waals surface area contributed by atoms with Crippen LogP contribution < -0.4 is 15.2 Å². The summed E-state index contributed by atoms with van der Waals surface area (Å²) in [5.41, 5.74) is 8.61. The number of nitrogen functional groups attached to an aromatic ring is 1. The maximum absolute atomic E-state index is 5.71. The maximum Gasteiger partial charge on any atom is 0.125 e. The first-order chi connectivity index (χ1) is 8.69. The molecule has 0 atom stereocenters. The van der Waals surface area contributed by atoms with E-state index in [-0.39, 0.29) is 0 Å². The molecule has 0 aliphatic rings. The summed E-state index contributed by atoms with van der Waals surface area (Å²) < 4.78 is 11.0. The first kappa shape index (κ1) is 12.3. The van der Waals surface area contributed by atoms with E-state index in [1.807, 2.05) is 43.3 Å². The molecule has 0 fully saturated rings. The molecule has 0 bridgehead atoms. The van der Waals surface area contributed by atoms with Crippen LogP contribution in [0.15, 0.2) is 42.5 Å². The number of hydrogen-bond donors (Lipinski definition) is 1. The third kappa shape index (κ3) is 2.94. The van der Waals surface area contributed by atoms with Gasteiger partial charge in [0.15, 0.2) is 0 Å². The van der Waals surface area contributed by atoms with E-state index in [0.29, 0.717) is 12.3 Å². The SMILES string of the molecule is COc1ccc(C)cc1COc1cccc(N)c1. The zero-order chi connectivity index (χ0) is 13.0. The highest BCUT2D eigenvalue weighted by atomic mass is 16.5. The Bertz CT molecular complexity index is 538. The van der Waals surface area contributed by atoms with Crippen LogP contribution in [0.4, 0.5) is 5.69 Å². The van der Waals surface area contributed by atoms with Gasteiger partial charge >= 0.3 is 0 Å². The Kier molecular flexibility index (Phi) is 3.72. The fourth-order valence-electron chi connectivity index (χ4n) is 1.79. The Hall–Kier alpha value is -2.16. The molecule has 3 heteroatoms. The first-order valence-corrected chi connectivity index (χ1v) is 5.81. The van der Waals surface area contributed by atoms with Crippen LogP contribution in [-0.4, -0.2) is 7.11 Å². The van der Waals surface area contributed by atoms with E-state index in [4.69, 9.17) is 15.2 Å². The molecule has 0 radical (unpaired) electrons. The second-order valence-electron chi connectivity index (χ2n) is 4.18. The molecule has 0 aliphatic carbocycles. The van der Waals surface area contributed by atoms with Crippen molar-refractivity contribution in [2.75, 3.05) is 12.8 Å². The highest BCUT2D eigenvalue weighted by Crippen LogP contribution is 2.22. The van der Waals surface area contributed by atoms with E-state index in [2.05, 4.69) is 6.07 Å². The van der Waals surface area contributed by atoms with E-state index < -0.39 is 0 Å². The molecule has 0 aromatic heterocycles. The number of benzene rings is 2. The van der Waals surface area contributed by atoms with Crippen molar-refractivity contribution in [1.29, 1.82) is 0 Å². The summed E-state index contributed by atoms with van der Waals surface area (Å²) in [5.74, 6) is 1.60. The quantitative estimate of drug-likeness (QED) is 0.839. The lowest BCUT2D eigenvalue weighted by Gasteiger charge is -2.11. The Labute approximate surface area is 107 Å². The second-order valence-corrected chi connectivity index (χ2v) is 4.18. The summed E-state index contributed by atoms with van der Waals surface area (Å²) in [6, 6.07) is 13.4. The van der Waals surface area contributed by atoms with Crippen molar-refractivity contribution in [3.63, 3.8) is 0 Å². The summed E-state index contributed by atoms with van der Waals surface area (Å²) in [4.78, 5) is 0. The summed E-state index contributed by atoms with van der Waals surface area (Å²) in [7, 11) is 1.66. The van der Waals surface area contributed by atoms with Crippen molar-refractivity contribution >= 4 is 5.69 Å². The van der Waals surface area contributed by atoms with Gasteiger partial charge in [0.25, 0.3) is 0 Å². The van der Waals surface area contributed by atoms with Crippen molar-refractivity contribution in [2.45, 2.75) is 13.5 Å². The molecule has 2 rings (SSSR count). The maximum atomic E-state index is 5.71. The lowest BCUT2D eigenvalue weighted by atomic mass is 10.1. The van der Waals surface area contributed by atoms with Gasteiger partial charge in [-0.1, -0.05) is 17.7 Å². The predicted molar refractivity (Wildman–Crippen MR) is 72.9 cm³/mol. The number of aryl methyl sites for hydroxylation is 1. The molecule has 3 nitrogen and oxygen atoms in total. The van der Waals surface area contributed by atoms with E-state index in [9.17, 15) is 0 Å². The van der Waals surface area contributed by atoms with Gasteiger partial charge in [-0.05, 0) is 31.2 Å². The minimum atomic E-state index is 0.467. The zero-order valence-electron chi connectivity index (χ0n) is 10.6. The molecular formula is C15H17NO2. The van der Waals surface area contributed by atoms with Gasteiger partial charge in [-0.15, -0.1) is 0 Å². The Balaban J connectivity index is 2.12. The van der Waals surface area contributed by atoms with Gasteiger partial charge in [0.1, 0.15) is 18.1 Å². The van der Waals surface area contributed by atoms with Crippen LogP contribution in [0.25, 0.3) is 0 Å². The molecule has 94 valence electrons. The van der Waals surface area contributed by atoms with Crippen molar-refractivity contribution in [3.05, 3.63) is 53.6 Å². The van der Waals surface area contributed by atoms with Crippen molar-refractivity contribution in [1.82, 2.24) is 0 Å².